The number of imidazole rings is 1. The third-order valence-electron chi connectivity index (χ3n) is 0.830. The third kappa shape index (κ3) is 0.446. The smallest absolute Gasteiger partial charge is 0.335 e. The van der Waals surface area contributed by atoms with E-state index >= 15 is 0 Å². The molecule has 0 bridgehead atoms. The van der Waals surface area contributed by atoms with Crippen LogP contribution in [0.4, 0.5) is 0 Å². The molecule has 0 saturated heterocycles. The van der Waals surface area contributed by atoms with Crippen molar-refractivity contribution in [3.63, 3.8) is 0 Å². The second-order valence-electron chi connectivity index (χ2n) is 1.40. The van der Waals surface area contributed by atoms with Crippen LogP contribution in [0, 0.1) is 0 Å². The molecule has 0 unspecified atom stereocenters. The maximum atomic E-state index is 10.4. The molecule has 0 atom stereocenters. The van der Waals surface area contributed by atoms with Crippen LogP contribution in [0.5, 0.6) is 0 Å². The molecule has 5 nitrogen and oxygen atoms in total. The Morgan fingerprint density at radius 1 is 1.25 bits per heavy atom. The number of nitrogens with zero attached hydrogens (tertiary/aromatic N) is 2. The van der Waals surface area contributed by atoms with E-state index in [0.717, 1.165) is 9.35 Å². The molecule has 0 amide bonds. The summed E-state index contributed by atoms with van der Waals surface area (Å²) < 4.78 is 1.81. The summed E-state index contributed by atoms with van der Waals surface area (Å²) in [4.78, 5) is 10.4. The molecular weight excluding hydrogens is 108 g/mol. The maximum absolute atomic E-state index is 10.4. The number of rotatable bonds is 0. The van der Waals surface area contributed by atoms with Gasteiger partial charge in [-0.25, -0.2) is 14.1 Å². The summed E-state index contributed by atoms with van der Waals surface area (Å²) in [6.07, 6.45) is 2.75. The van der Waals surface area contributed by atoms with E-state index in [1.165, 1.54) is 12.4 Å². The van der Waals surface area contributed by atoms with Gasteiger partial charge in [0.25, 0.3) is 0 Å². The number of nitrogen functional groups attached to an aromatic ring is 2. The summed E-state index contributed by atoms with van der Waals surface area (Å²) in [5.74, 6) is 10.1. The lowest BCUT2D eigenvalue weighted by molar-refractivity contribution is 0.851. The Bertz CT molecular complexity index is 211. The number of aromatic nitrogens is 2. The largest absolute Gasteiger partial charge is 0.364 e. The molecule has 0 aliphatic heterocycles. The van der Waals surface area contributed by atoms with Gasteiger partial charge in [0, 0.05) is 12.4 Å². The molecule has 1 aromatic heterocycles. The molecule has 44 valence electrons. The molecule has 1 aromatic rings. The van der Waals surface area contributed by atoms with Crippen molar-refractivity contribution in [1.82, 2.24) is 9.35 Å². The molecule has 0 aromatic carbocycles. The van der Waals surface area contributed by atoms with E-state index in [2.05, 4.69) is 0 Å². The fraction of sp³-hybridized carbons (Fsp3) is 0. The van der Waals surface area contributed by atoms with Crippen molar-refractivity contribution in [1.29, 1.82) is 0 Å². The molecule has 0 fully saturated rings. The van der Waals surface area contributed by atoms with Crippen molar-refractivity contribution >= 4 is 0 Å². The van der Waals surface area contributed by atoms with Gasteiger partial charge in [-0.2, -0.15) is 0 Å². The van der Waals surface area contributed by atoms with E-state index in [1.54, 1.807) is 0 Å². The number of nitrogens with two attached hydrogens (primary N) is 2. The minimum Gasteiger partial charge on any atom is -0.335 e. The molecule has 0 aliphatic rings. The monoisotopic (exact) mass is 114 g/mol. The molecule has 0 saturated carbocycles. The molecular formula is C3H6N4O. The standard InChI is InChI=1S/C3H6N4O/c4-6-1-2-7(5)3(6)8/h1-2H,4-5H2. The predicted molar refractivity (Wildman–Crippen MR) is 29.0 cm³/mol. The minimum absolute atomic E-state index is 0.426. The van der Waals surface area contributed by atoms with Crippen LogP contribution < -0.4 is 17.4 Å². The normalized spacial score (nSPS) is 9.50. The van der Waals surface area contributed by atoms with Crippen molar-refractivity contribution in [2.45, 2.75) is 0 Å². The summed E-state index contributed by atoms with van der Waals surface area (Å²) in [7, 11) is 0. The van der Waals surface area contributed by atoms with E-state index in [1.807, 2.05) is 0 Å². The highest BCUT2D eigenvalue weighted by Crippen LogP contribution is 1.66. The molecule has 8 heavy (non-hydrogen) atoms. The minimum atomic E-state index is -0.426. The highest BCUT2D eigenvalue weighted by Gasteiger charge is 1.90. The molecule has 1 heterocycles. The van der Waals surface area contributed by atoms with Gasteiger partial charge in [0.05, 0.1) is 0 Å². The summed E-state index contributed by atoms with van der Waals surface area (Å²) in [6.45, 7) is 0. The van der Waals surface area contributed by atoms with Crippen LogP contribution in [-0.4, -0.2) is 9.35 Å². The van der Waals surface area contributed by atoms with Crippen molar-refractivity contribution in [3.8, 4) is 0 Å². The predicted octanol–water partition coefficient (Wildman–Crippen LogP) is -1.92. The molecule has 0 aliphatic carbocycles. The van der Waals surface area contributed by atoms with Gasteiger partial charge >= 0.3 is 5.69 Å². The first-order valence-corrected chi connectivity index (χ1v) is 2.02. The maximum Gasteiger partial charge on any atom is 0.364 e. The first kappa shape index (κ1) is 4.76. The van der Waals surface area contributed by atoms with Crippen LogP contribution in [0.2, 0.25) is 0 Å². The lowest BCUT2D eigenvalue weighted by atomic mass is 11.0. The Labute approximate surface area is 45.1 Å². The van der Waals surface area contributed by atoms with Crippen LogP contribution in [-0.2, 0) is 0 Å². The van der Waals surface area contributed by atoms with Crippen LogP contribution in [0.15, 0.2) is 17.2 Å². The Balaban J connectivity index is 3.42. The van der Waals surface area contributed by atoms with Gasteiger partial charge in [0.1, 0.15) is 0 Å². The van der Waals surface area contributed by atoms with Crippen molar-refractivity contribution in [3.05, 3.63) is 22.9 Å². The highest BCUT2D eigenvalue weighted by atomic mass is 16.2. The van der Waals surface area contributed by atoms with Gasteiger partial charge in [-0.05, 0) is 0 Å². The summed E-state index contributed by atoms with van der Waals surface area (Å²) in [6, 6.07) is 0. The summed E-state index contributed by atoms with van der Waals surface area (Å²) in [5, 5.41) is 0. The fourth-order valence-electron chi connectivity index (χ4n) is 0.405. The van der Waals surface area contributed by atoms with Crippen LogP contribution in [0.3, 0.4) is 0 Å². The second kappa shape index (κ2) is 1.29. The Morgan fingerprint density at radius 3 is 1.75 bits per heavy atom. The first-order chi connectivity index (χ1) is 3.72. The first-order valence-electron chi connectivity index (χ1n) is 2.02. The van der Waals surface area contributed by atoms with E-state index < -0.39 is 5.69 Å². The van der Waals surface area contributed by atoms with E-state index in [9.17, 15) is 4.79 Å². The summed E-state index contributed by atoms with van der Waals surface area (Å²) in [5.41, 5.74) is -0.426. The van der Waals surface area contributed by atoms with Gasteiger partial charge in [0.2, 0.25) is 0 Å². The van der Waals surface area contributed by atoms with Gasteiger partial charge < -0.3 is 11.7 Å². The Morgan fingerprint density at radius 2 is 1.62 bits per heavy atom. The topological polar surface area (TPSA) is 79.0 Å². The highest BCUT2D eigenvalue weighted by molar-refractivity contribution is 4.79. The van der Waals surface area contributed by atoms with Crippen molar-refractivity contribution < 1.29 is 0 Å². The van der Waals surface area contributed by atoms with E-state index in [0.29, 0.717) is 0 Å². The zero-order valence-corrected chi connectivity index (χ0v) is 4.11. The van der Waals surface area contributed by atoms with Crippen LogP contribution in [0.1, 0.15) is 0 Å². The molecule has 1 rings (SSSR count). The number of hydrogen-bond acceptors (Lipinski definition) is 3. The fourth-order valence-corrected chi connectivity index (χ4v) is 0.405. The molecule has 4 N–H and O–H groups in total. The number of hydrogen-bond donors (Lipinski definition) is 2. The van der Waals surface area contributed by atoms with Crippen molar-refractivity contribution in [2.75, 3.05) is 11.7 Å². The second-order valence-corrected chi connectivity index (χ2v) is 1.40. The van der Waals surface area contributed by atoms with Crippen LogP contribution in [0.25, 0.3) is 0 Å². The van der Waals surface area contributed by atoms with Crippen molar-refractivity contribution in [2.24, 2.45) is 0 Å². The van der Waals surface area contributed by atoms with Gasteiger partial charge in [-0.15, -0.1) is 0 Å². The van der Waals surface area contributed by atoms with E-state index in [-0.39, 0.29) is 0 Å². The molecule has 0 radical (unpaired) electrons. The van der Waals surface area contributed by atoms with Gasteiger partial charge in [-0.3, -0.25) is 0 Å². The summed E-state index contributed by atoms with van der Waals surface area (Å²) >= 11 is 0. The third-order valence-corrected chi connectivity index (χ3v) is 0.830. The average Bonchev–Trinajstić information content (AvgIpc) is 1.98. The Hall–Kier alpha value is -1.39. The average molecular weight is 114 g/mol. The zero-order chi connectivity index (χ0) is 6.15. The zero-order valence-electron chi connectivity index (χ0n) is 4.11. The van der Waals surface area contributed by atoms with Gasteiger partial charge in [-0.1, -0.05) is 0 Å². The SMILES string of the molecule is Nn1ccn(N)c1=O. The quantitative estimate of drug-likeness (QED) is 0.386. The van der Waals surface area contributed by atoms with E-state index in [4.69, 9.17) is 11.7 Å². The van der Waals surface area contributed by atoms with Crippen LogP contribution >= 0.6 is 0 Å². The lowest BCUT2D eigenvalue weighted by Crippen LogP contribution is -2.32. The van der Waals surface area contributed by atoms with Gasteiger partial charge in [0.15, 0.2) is 0 Å². The Kier molecular flexibility index (Phi) is 0.768. The molecule has 5 heteroatoms. The molecule has 0 spiro atoms. The lowest BCUT2D eigenvalue weighted by Gasteiger charge is -1.84.